The Bertz CT molecular complexity index is 721. The van der Waals surface area contributed by atoms with E-state index in [9.17, 15) is 0 Å². The third kappa shape index (κ3) is 1.91. The molecule has 3 nitrogen and oxygen atoms in total. The van der Waals surface area contributed by atoms with E-state index < -0.39 is 0 Å². The lowest BCUT2D eigenvalue weighted by Gasteiger charge is -2.11. The second-order valence-electron chi connectivity index (χ2n) is 5.37. The quantitative estimate of drug-likeness (QED) is 0.741. The normalized spacial score (nSPS) is 18.7. The molecule has 1 fully saturated rings. The molecular weight excluding hydrogens is 246 g/mol. The fourth-order valence-corrected chi connectivity index (χ4v) is 3.08. The number of benzene rings is 1. The van der Waals surface area contributed by atoms with Crippen LogP contribution < -0.4 is 5.32 Å². The highest BCUT2D eigenvalue weighted by Gasteiger charge is 2.15. The fraction of sp³-hybridized carbons (Fsp3) is 0.235. The molecule has 1 aliphatic heterocycles. The van der Waals surface area contributed by atoms with Gasteiger partial charge in [-0.15, -0.1) is 0 Å². The number of rotatable bonds is 2. The highest BCUT2D eigenvalue weighted by atomic mass is 14.9. The monoisotopic (exact) mass is 263 g/mol. The van der Waals surface area contributed by atoms with Gasteiger partial charge in [-0.05, 0) is 48.2 Å². The summed E-state index contributed by atoms with van der Waals surface area (Å²) in [5.41, 5.74) is 4.83. The molecule has 0 spiro atoms. The summed E-state index contributed by atoms with van der Waals surface area (Å²) in [5.74, 6) is 0. The minimum absolute atomic E-state index is 0.536. The van der Waals surface area contributed by atoms with Gasteiger partial charge in [-0.3, -0.25) is 0 Å². The van der Waals surface area contributed by atoms with E-state index in [2.05, 4.69) is 51.7 Å². The Morgan fingerprint density at radius 1 is 1.05 bits per heavy atom. The number of hydrogen-bond acceptors (Lipinski definition) is 2. The van der Waals surface area contributed by atoms with Crippen molar-refractivity contribution in [2.24, 2.45) is 0 Å². The highest BCUT2D eigenvalue weighted by molar-refractivity contribution is 5.92. The van der Waals surface area contributed by atoms with Crippen molar-refractivity contribution in [1.29, 1.82) is 0 Å². The van der Waals surface area contributed by atoms with Gasteiger partial charge in [0.1, 0.15) is 5.65 Å². The average molecular weight is 263 g/mol. The van der Waals surface area contributed by atoms with E-state index in [1.54, 1.807) is 0 Å². The molecule has 0 amide bonds. The number of aromatic amines is 1. The van der Waals surface area contributed by atoms with Gasteiger partial charge in [-0.2, -0.15) is 0 Å². The molecule has 20 heavy (non-hydrogen) atoms. The molecule has 2 N–H and O–H groups in total. The molecule has 4 rings (SSSR count). The Labute approximate surface area is 118 Å². The van der Waals surface area contributed by atoms with Crippen molar-refractivity contribution in [2.75, 3.05) is 6.54 Å². The van der Waals surface area contributed by atoms with Crippen LogP contribution in [0.15, 0.2) is 48.8 Å². The molecule has 0 aliphatic carbocycles. The molecule has 0 saturated carbocycles. The van der Waals surface area contributed by atoms with E-state index in [0.717, 1.165) is 12.2 Å². The first kappa shape index (κ1) is 11.7. The van der Waals surface area contributed by atoms with Gasteiger partial charge in [0, 0.05) is 23.8 Å². The van der Waals surface area contributed by atoms with E-state index in [4.69, 9.17) is 0 Å². The predicted molar refractivity (Wildman–Crippen MR) is 81.5 cm³/mol. The molecular formula is C17H17N3. The zero-order chi connectivity index (χ0) is 13.4. The fourth-order valence-electron chi connectivity index (χ4n) is 3.08. The molecule has 1 unspecified atom stereocenters. The van der Waals surface area contributed by atoms with Gasteiger partial charge in [0.15, 0.2) is 0 Å². The number of nitrogens with zero attached hydrogens (tertiary/aromatic N) is 1. The summed E-state index contributed by atoms with van der Waals surface area (Å²) in [6.07, 6.45) is 6.33. The summed E-state index contributed by atoms with van der Waals surface area (Å²) in [6.45, 7) is 1.14. The third-order valence-electron chi connectivity index (χ3n) is 4.14. The number of pyridine rings is 1. The van der Waals surface area contributed by atoms with Gasteiger partial charge < -0.3 is 10.3 Å². The Hall–Kier alpha value is -2.13. The van der Waals surface area contributed by atoms with Crippen LogP contribution in [0.25, 0.3) is 22.2 Å². The lowest BCUT2D eigenvalue weighted by molar-refractivity contribution is 0.648. The van der Waals surface area contributed by atoms with Crippen LogP contribution in [0.5, 0.6) is 0 Å². The second-order valence-corrected chi connectivity index (χ2v) is 5.37. The molecule has 2 aromatic heterocycles. The smallest absolute Gasteiger partial charge is 0.137 e. The summed E-state index contributed by atoms with van der Waals surface area (Å²) >= 11 is 0. The zero-order valence-corrected chi connectivity index (χ0v) is 11.3. The molecule has 3 aromatic rings. The molecule has 1 saturated heterocycles. The summed E-state index contributed by atoms with van der Waals surface area (Å²) in [7, 11) is 0. The van der Waals surface area contributed by atoms with Crippen LogP contribution >= 0.6 is 0 Å². The van der Waals surface area contributed by atoms with Crippen LogP contribution in [-0.4, -0.2) is 16.5 Å². The van der Waals surface area contributed by atoms with Gasteiger partial charge in [-0.25, -0.2) is 4.98 Å². The lowest BCUT2D eigenvalue weighted by atomic mass is 9.99. The Morgan fingerprint density at radius 2 is 1.95 bits per heavy atom. The van der Waals surface area contributed by atoms with Gasteiger partial charge in [0.05, 0.1) is 0 Å². The number of aromatic nitrogens is 2. The van der Waals surface area contributed by atoms with Gasteiger partial charge in [0.25, 0.3) is 0 Å². The minimum atomic E-state index is 0.536. The van der Waals surface area contributed by atoms with Crippen LogP contribution in [0, 0.1) is 0 Å². The molecule has 3 heterocycles. The van der Waals surface area contributed by atoms with E-state index in [1.807, 2.05) is 12.4 Å². The van der Waals surface area contributed by atoms with Crippen LogP contribution in [0.4, 0.5) is 0 Å². The van der Waals surface area contributed by atoms with Crippen molar-refractivity contribution in [2.45, 2.75) is 18.9 Å². The van der Waals surface area contributed by atoms with Crippen molar-refractivity contribution < 1.29 is 0 Å². The first-order chi connectivity index (χ1) is 9.92. The maximum absolute atomic E-state index is 4.34. The summed E-state index contributed by atoms with van der Waals surface area (Å²) in [5, 5.41) is 4.72. The Kier molecular flexibility index (Phi) is 2.78. The Balaban J connectivity index is 1.73. The van der Waals surface area contributed by atoms with Gasteiger partial charge in [0.2, 0.25) is 0 Å². The number of H-pyrrole nitrogens is 1. The zero-order valence-electron chi connectivity index (χ0n) is 11.3. The first-order valence-electron chi connectivity index (χ1n) is 7.18. The first-order valence-corrected chi connectivity index (χ1v) is 7.18. The van der Waals surface area contributed by atoms with Crippen LogP contribution in [0.2, 0.25) is 0 Å². The summed E-state index contributed by atoms with van der Waals surface area (Å²) < 4.78 is 0. The topological polar surface area (TPSA) is 40.7 Å². The summed E-state index contributed by atoms with van der Waals surface area (Å²) in [4.78, 5) is 7.51. The predicted octanol–water partition coefficient (Wildman–Crippen LogP) is 3.65. The lowest BCUT2D eigenvalue weighted by Crippen LogP contribution is -2.12. The van der Waals surface area contributed by atoms with Crippen molar-refractivity contribution >= 4 is 11.0 Å². The average Bonchev–Trinajstić information content (AvgIpc) is 3.18. The van der Waals surface area contributed by atoms with Crippen molar-refractivity contribution in [3.63, 3.8) is 0 Å². The van der Waals surface area contributed by atoms with Crippen LogP contribution in [-0.2, 0) is 0 Å². The molecule has 3 heteroatoms. The SMILES string of the molecule is c1cc(-c2ccc(C3CCCN3)cc2)c2cc[nH]c2n1. The van der Waals surface area contributed by atoms with E-state index in [0.29, 0.717) is 6.04 Å². The maximum Gasteiger partial charge on any atom is 0.137 e. The molecule has 100 valence electrons. The van der Waals surface area contributed by atoms with Gasteiger partial charge in [-0.1, -0.05) is 24.3 Å². The summed E-state index contributed by atoms with van der Waals surface area (Å²) in [6, 6.07) is 13.6. The molecule has 0 radical (unpaired) electrons. The largest absolute Gasteiger partial charge is 0.346 e. The van der Waals surface area contributed by atoms with Crippen LogP contribution in [0.3, 0.4) is 0 Å². The van der Waals surface area contributed by atoms with E-state index >= 15 is 0 Å². The van der Waals surface area contributed by atoms with Crippen molar-refractivity contribution in [3.8, 4) is 11.1 Å². The minimum Gasteiger partial charge on any atom is -0.346 e. The van der Waals surface area contributed by atoms with Crippen molar-refractivity contribution in [3.05, 3.63) is 54.4 Å². The number of nitrogens with one attached hydrogen (secondary N) is 2. The van der Waals surface area contributed by atoms with E-state index in [1.165, 1.54) is 34.9 Å². The number of fused-ring (bicyclic) bond motifs is 1. The molecule has 0 bridgehead atoms. The highest BCUT2D eigenvalue weighted by Crippen LogP contribution is 2.29. The standard InChI is InChI=1S/C17H17N3/c1-2-16(18-9-1)13-5-3-12(4-6-13)14-7-10-19-17-15(14)8-11-20-17/h3-8,10-11,16,18H,1-2,9H2,(H,19,20). The second kappa shape index (κ2) is 4.76. The van der Waals surface area contributed by atoms with Crippen LogP contribution in [0.1, 0.15) is 24.4 Å². The Morgan fingerprint density at radius 3 is 2.75 bits per heavy atom. The molecule has 1 aromatic carbocycles. The molecule has 1 atom stereocenters. The molecule has 1 aliphatic rings. The number of hydrogen-bond donors (Lipinski definition) is 2. The third-order valence-corrected chi connectivity index (χ3v) is 4.14. The maximum atomic E-state index is 4.34. The van der Waals surface area contributed by atoms with E-state index in [-0.39, 0.29) is 0 Å². The van der Waals surface area contributed by atoms with Gasteiger partial charge >= 0.3 is 0 Å². The van der Waals surface area contributed by atoms with Crippen molar-refractivity contribution in [1.82, 2.24) is 15.3 Å².